The molecule has 1 aliphatic heterocycles. The van der Waals surface area contributed by atoms with Gasteiger partial charge in [0.25, 0.3) is 5.56 Å². The lowest BCUT2D eigenvalue weighted by molar-refractivity contribution is -0.145. The molecule has 0 bridgehead atoms. The summed E-state index contributed by atoms with van der Waals surface area (Å²) in [6.07, 6.45) is 1.49. The molecule has 1 fully saturated rings. The van der Waals surface area contributed by atoms with Crippen molar-refractivity contribution in [3.8, 4) is 5.95 Å². The van der Waals surface area contributed by atoms with Gasteiger partial charge in [-0.1, -0.05) is 13.3 Å². The molecule has 0 unspecified atom stereocenters. The lowest BCUT2D eigenvalue weighted by atomic mass is 10.2. The Bertz CT molecular complexity index is 897. The van der Waals surface area contributed by atoms with Crippen LogP contribution in [0.1, 0.15) is 24.7 Å². The number of carbonyl (C=O) groups excluding carboxylic acids is 2. The van der Waals surface area contributed by atoms with Gasteiger partial charge < -0.3 is 15.0 Å². The lowest BCUT2D eigenvalue weighted by Gasteiger charge is -2.26. The first-order valence-corrected chi connectivity index (χ1v) is 8.83. The largest absolute Gasteiger partial charge is 0.378 e. The van der Waals surface area contributed by atoms with Crippen LogP contribution in [0.2, 0.25) is 0 Å². The summed E-state index contributed by atoms with van der Waals surface area (Å²) in [4.78, 5) is 45.0. The zero-order chi connectivity index (χ0) is 19.4. The van der Waals surface area contributed by atoms with E-state index in [0.29, 0.717) is 44.1 Å². The van der Waals surface area contributed by atoms with Gasteiger partial charge in [0.05, 0.1) is 18.9 Å². The highest BCUT2D eigenvalue weighted by atomic mass is 16.5. The number of morpholine rings is 1. The van der Waals surface area contributed by atoms with Crippen molar-refractivity contribution in [2.75, 3.05) is 31.6 Å². The summed E-state index contributed by atoms with van der Waals surface area (Å²) in [5.74, 6) is -0.959. The summed E-state index contributed by atoms with van der Waals surface area (Å²) in [5, 5.41) is 6.84. The molecule has 2 amide bonds. The number of aryl methyl sites for hydroxylation is 2. The van der Waals surface area contributed by atoms with Crippen LogP contribution in [0.25, 0.3) is 5.95 Å². The topological polar surface area (TPSA) is 122 Å². The first-order valence-electron chi connectivity index (χ1n) is 8.83. The van der Waals surface area contributed by atoms with E-state index >= 15 is 0 Å². The van der Waals surface area contributed by atoms with E-state index in [1.165, 1.54) is 15.6 Å². The number of hydrogen-bond acceptors (Lipinski definition) is 6. The molecule has 10 nitrogen and oxygen atoms in total. The highest BCUT2D eigenvalue weighted by molar-refractivity contribution is 6.39. The van der Waals surface area contributed by atoms with Crippen LogP contribution >= 0.6 is 0 Å². The zero-order valence-electron chi connectivity index (χ0n) is 15.3. The number of hydrogen-bond donors (Lipinski definition) is 2. The lowest BCUT2D eigenvalue weighted by Crippen LogP contribution is -2.46. The zero-order valence-corrected chi connectivity index (χ0v) is 15.3. The van der Waals surface area contributed by atoms with Crippen LogP contribution < -0.4 is 10.9 Å². The third-order valence-electron chi connectivity index (χ3n) is 4.05. The monoisotopic (exact) mass is 374 g/mol. The molecule has 10 heteroatoms. The Labute approximate surface area is 155 Å². The first-order chi connectivity index (χ1) is 13.0. The number of carbonyl (C=O) groups is 2. The maximum absolute atomic E-state index is 12.4. The minimum Gasteiger partial charge on any atom is -0.378 e. The Morgan fingerprint density at radius 3 is 2.74 bits per heavy atom. The van der Waals surface area contributed by atoms with Crippen molar-refractivity contribution in [1.29, 1.82) is 0 Å². The number of amides is 2. The number of rotatable bonds is 4. The van der Waals surface area contributed by atoms with Crippen molar-refractivity contribution < 1.29 is 14.3 Å². The molecular formula is C17H22N6O4. The van der Waals surface area contributed by atoms with Gasteiger partial charge in [0.1, 0.15) is 5.82 Å². The molecular weight excluding hydrogens is 352 g/mol. The molecule has 1 aliphatic rings. The molecule has 3 rings (SSSR count). The van der Waals surface area contributed by atoms with Gasteiger partial charge in [0, 0.05) is 30.9 Å². The number of anilines is 1. The van der Waals surface area contributed by atoms with Crippen molar-refractivity contribution >= 4 is 17.6 Å². The normalized spacial score (nSPS) is 14.2. The van der Waals surface area contributed by atoms with Gasteiger partial charge in [-0.3, -0.25) is 19.4 Å². The maximum Gasteiger partial charge on any atom is 0.315 e. The van der Waals surface area contributed by atoms with Crippen molar-refractivity contribution in [1.82, 2.24) is 24.6 Å². The molecule has 0 aromatic carbocycles. The van der Waals surface area contributed by atoms with Crippen LogP contribution in [0.15, 0.2) is 16.9 Å². The van der Waals surface area contributed by atoms with Gasteiger partial charge in [-0.05, 0) is 13.3 Å². The quantitative estimate of drug-likeness (QED) is 0.727. The van der Waals surface area contributed by atoms with E-state index in [2.05, 4.69) is 20.4 Å². The smallest absolute Gasteiger partial charge is 0.315 e. The van der Waals surface area contributed by atoms with E-state index in [0.717, 1.165) is 6.42 Å². The summed E-state index contributed by atoms with van der Waals surface area (Å²) in [6.45, 7) is 5.29. The third-order valence-corrected chi connectivity index (χ3v) is 4.05. The van der Waals surface area contributed by atoms with E-state index in [9.17, 15) is 14.4 Å². The molecule has 27 heavy (non-hydrogen) atoms. The van der Waals surface area contributed by atoms with Crippen molar-refractivity contribution in [2.45, 2.75) is 26.7 Å². The SMILES string of the molecule is CCCc1cc(=O)[nH]c(-n2nc(C)cc2NC(=O)C(=O)N2CCOCC2)n1. The fourth-order valence-corrected chi connectivity index (χ4v) is 2.81. The third kappa shape index (κ3) is 4.40. The molecule has 3 heterocycles. The second kappa shape index (κ2) is 8.12. The predicted molar refractivity (Wildman–Crippen MR) is 96.7 cm³/mol. The Kier molecular flexibility index (Phi) is 5.65. The van der Waals surface area contributed by atoms with E-state index < -0.39 is 11.8 Å². The molecule has 2 N–H and O–H groups in total. The highest BCUT2D eigenvalue weighted by Gasteiger charge is 2.25. The Morgan fingerprint density at radius 1 is 1.30 bits per heavy atom. The molecule has 2 aromatic rings. The van der Waals surface area contributed by atoms with E-state index in [1.807, 2.05) is 6.92 Å². The van der Waals surface area contributed by atoms with Crippen molar-refractivity contribution in [3.05, 3.63) is 33.9 Å². The minimum atomic E-state index is -0.773. The van der Waals surface area contributed by atoms with Crippen LogP contribution in [0, 0.1) is 6.92 Å². The number of ether oxygens (including phenoxy) is 1. The van der Waals surface area contributed by atoms with E-state index in [1.54, 1.807) is 13.0 Å². The summed E-state index contributed by atoms with van der Waals surface area (Å²) >= 11 is 0. The average Bonchev–Trinajstić information content (AvgIpc) is 3.02. The molecule has 0 radical (unpaired) electrons. The van der Waals surface area contributed by atoms with Crippen LogP contribution in [-0.2, 0) is 20.7 Å². The van der Waals surface area contributed by atoms with Gasteiger partial charge in [-0.15, -0.1) is 0 Å². The highest BCUT2D eigenvalue weighted by Crippen LogP contribution is 2.14. The summed E-state index contributed by atoms with van der Waals surface area (Å²) < 4.78 is 6.51. The molecule has 0 aliphatic carbocycles. The first kappa shape index (κ1) is 18.8. The average molecular weight is 374 g/mol. The number of nitrogens with one attached hydrogen (secondary N) is 2. The fourth-order valence-electron chi connectivity index (χ4n) is 2.81. The van der Waals surface area contributed by atoms with Crippen molar-refractivity contribution in [3.63, 3.8) is 0 Å². The van der Waals surface area contributed by atoms with Gasteiger partial charge in [-0.25, -0.2) is 4.98 Å². The van der Waals surface area contributed by atoms with Crippen LogP contribution in [0.3, 0.4) is 0 Å². The summed E-state index contributed by atoms with van der Waals surface area (Å²) in [6, 6.07) is 3.04. The molecule has 2 aromatic heterocycles. The number of H-pyrrole nitrogens is 1. The standard InChI is InChI=1S/C17H22N6O4/c1-3-4-12-10-14(24)20-17(18-12)23-13(9-11(2)21-23)19-15(25)16(26)22-5-7-27-8-6-22/h9-10H,3-8H2,1-2H3,(H,19,25)(H,18,20,24). The fraction of sp³-hybridized carbons (Fsp3) is 0.471. The van der Waals surface area contributed by atoms with Crippen LogP contribution in [0.4, 0.5) is 5.82 Å². The predicted octanol–water partition coefficient (Wildman–Crippen LogP) is 0.0138. The van der Waals surface area contributed by atoms with E-state index in [-0.39, 0.29) is 17.3 Å². The van der Waals surface area contributed by atoms with Gasteiger partial charge in [-0.2, -0.15) is 9.78 Å². The molecule has 144 valence electrons. The van der Waals surface area contributed by atoms with Crippen LogP contribution in [0.5, 0.6) is 0 Å². The molecule has 1 saturated heterocycles. The number of aromatic amines is 1. The number of nitrogens with zero attached hydrogens (tertiary/aromatic N) is 4. The van der Waals surface area contributed by atoms with Crippen LogP contribution in [-0.4, -0.2) is 62.8 Å². The van der Waals surface area contributed by atoms with Gasteiger partial charge in [0.2, 0.25) is 5.95 Å². The molecule has 0 spiro atoms. The Hall–Kier alpha value is -3.01. The van der Waals surface area contributed by atoms with Gasteiger partial charge >= 0.3 is 11.8 Å². The maximum atomic E-state index is 12.4. The number of aromatic nitrogens is 4. The Balaban J connectivity index is 1.85. The molecule has 0 saturated carbocycles. The minimum absolute atomic E-state index is 0.188. The van der Waals surface area contributed by atoms with E-state index in [4.69, 9.17) is 4.74 Å². The Morgan fingerprint density at radius 2 is 2.04 bits per heavy atom. The second-order valence-electron chi connectivity index (χ2n) is 6.25. The van der Waals surface area contributed by atoms with Crippen molar-refractivity contribution in [2.24, 2.45) is 0 Å². The molecule has 0 atom stereocenters. The summed E-state index contributed by atoms with van der Waals surface area (Å²) in [5.41, 5.74) is 0.928. The summed E-state index contributed by atoms with van der Waals surface area (Å²) in [7, 11) is 0. The second-order valence-corrected chi connectivity index (χ2v) is 6.25. The van der Waals surface area contributed by atoms with Gasteiger partial charge in [0.15, 0.2) is 0 Å².